The predicted molar refractivity (Wildman–Crippen MR) is 72.1 cm³/mol. The van der Waals surface area contributed by atoms with Crippen LogP contribution in [-0.4, -0.2) is 5.11 Å². The summed E-state index contributed by atoms with van der Waals surface area (Å²) in [5.74, 6) is 5.61. The van der Waals surface area contributed by atoms with Gasteiger partial charge in [-0.25, -0.2) is 5.43 Å². The fourth-order valence-electron chi connectivity index (χ4n) is 2.42. The van der Waals surface area contributed by atoms with Gasteiger partial charge >= 0.3 is 0 Å². The lowest BCUT2D eigenvalue weighted by atomic mass is 9.91. The van der Waals surface area contributed by atoms with Crippen LogP contribution in [0.1, 0.15) is 22.3 Å². The number of hydrogen-bond donors (Lipinski definition) is 3. The Labute approximate surface area is 106 Å². The van der Waals surface area contributed by atoms with Crippen molar-refractivity contribution in [3.63, 3.8) is 0 Å². The van der Waals surface area contributed by atoms with E-state index >= 15 is 0 Å². The molecule has 0 spiro atoms. The lowest BCUT2D eigenvalue weighted by molar-refractivity contribution is 0.0430. The third kappa shape index (κ3) is 1.49. The van der Waals surface area contributed by atoms with Gasteiger partial charge < -0.3 is 5.11 Å². The molecule has 0 atom stereocenters. The largest absolute Gasteiger partial charge is 0.367 e. The summed E-state index contributed by atoms with van der Waals surface area (Å²) in [7, 11) is 0. The molecule has 0 bridgehead atoms. The molecule has 1 aliphatic carbocycles. The Bertz CT molecular complexity index is 570. The molecule has 3 nitrogen and oxygen atoms in total. The Morgan fingerprint density at radius 2 is 1.28 bits per heavy atom. The first-order valence-corrected chi connectivity index (χ1v) is 5.83. The van der Waals surface area contributed by atoms with Crippen LogP contribution in [0.5, 0.6) is 0 Å². The number of benzene rings is 2. The molecule has 0 fully saturated rings. The van der Waals surface area contributed by atoms with E-state index in [1.807, 2.05) is 60.7 Å². The van der Waals surface area contributed by atoms with Gasteiger partial charge in [-0.05, 0) is 11.1 Å². The quantitative estimate of drug-likeness (QED) is 0.403. The number of nitrogens with one attached hydrogen (secondary N) is 1. The maximum Gasteiger partial charge on any atom is 0.182 e. The van der Waals surface area contributed by atoms with E-state index in [2.05, 4.69) is 5.43 Å². The van der Waals surface area contributed by atoms with Gasteiger partial charge in [0.1, 0.15) is 0 Å². The summed E-state index contributed by atoms with van der Waals surface area (Å²) in [6.07, 6.45) is 3.98. The lowest BCUT2D eigenvalue weighted by Gasteiger charge is -2.29. The third-order valence-electron chi connectivity index (χ3n) is 3.35. The van der Waals surface area contributed by atoms with Gasteiger partial charge in [-0.1, -0.05) is 60.7 Å². The van der Waals surface area contributed by atoms with Crippen LogP contribution in [0.2, 0.25) is 0 Å². The lowest BCUT2D eigenvalue weighted by Crippen LogP contribution is -2.48. The molecule has 2 aromatic rings. The normalized spacial score (nSPS) is 15.7. The van der Waals surface area contributed by atoms with Crippen molar-refractivity contribution in [3.05, 3.63) is 70.8 Å². The average molecular weight is 238 g/mol. The zero-order valence-corrected chi connectivity index (χ0v) is 9.80. The molecule has 4 N–H and O–H groups in total. The van der Waals surface area contributed by atoms with E-state index in [1.54, 1.807) is 0 Å². The van der Waals surface area contributed by atoms with Gasteiger partial charge in [0.2, 0.25) is 0 Å². The Morgan fingerprint density at radius 1 is 0.833 bits per heavy atom. The summed E-state index contributed by atoms with van der Waals surface area (Å²) in [4.78, 5) is 0. The third-order valence-corrected chi connectivity index (χ3v) is 3.35. The second-order valence-electron chi connectivity index (χ2n) is 4.36. The standard InChI is InChI=1S/C15H14N2O/c16-17-15(18)13-7-3-1-5-11(13)9-10-12-6-2-4-8-14(12)15/h1-10,17-18H,16H2. The first-order chi connectivity index (χ1) is 8.75. The van der Waals surface area contributed by atoms with E-state index in [9.17, 15) is 5.11 Å². The molecule has 3 rings (SSSR count). The van der Waals surface area contributed by atoms with Crippen molar-refractivity contribution in [3.8, 4) is 0 Å². The Hall–Kier alpha value is -1.94. The van der Waals surface area contributed by atoms with Gasteiger partial charge in [0, 0.05) is 11.1 Å². The molecule has 18 heavy (non-hydrogen) atoms. The topological polar surface area (TPSA) is 58.3 Å². The van der Waals surface area contributed by atoms with Crippen molar-refractivity contribution in [2.24, 2.45) is 5.84 Å². The smallest absolute Gasteiger partial charge is 0.182 e. The molecule has 0 aliphatic heterocycles. The van der Waals surface area contributed by atoms with Gasteiger partial charge in [0.05, 0.1) is 0 Å². The summed E-state index contributed by atoms with van der Waals surface area (Å²) in [5, 5.41) is 10.9. The molecule has 0 heterocycles. The van der Waals surface area contributed by atoms with Crippen molar-refractivity contribution in [1.29, 1.82) is 0 Å². The number of hydrogen-bond acceptors (Lipinski definition) is 3. The minimum absolute atomic E-state index is 0.758. The Balaban J connectivity index is 2.35. The highest BCUT2D eigenvalue weighted by molar-refractivity contribution is 5.76. The minimum Gasteiger partial charge on any atom is -0.367 e. The SMILES string of the molecule is NNC1(O)c2ccccc2C=Cc2ccccc21. The first kappa shape index (κ1) is 11.2. The fraction of sp³-hybridized carbons (Fsp3) is 0.0667. The molecule has 0 saturated heterocycles. The van der Waals surface area contributed by atoms with Crippen molar-refractivity contribution in [1.82, 2.24) is 5.43 Å². The molecule has 1 aliphatic rings. The van der Waals surface area contributed by atoms with Gasteiger partial charge in [-0.2, -0.15) is 0 Å². The highest BCUT2D eigenvalue weighted by atomic mass is 16.3. The first-order valence-electron chi connectivity index (χ1n) is 5.83. The maximum atomic E-state index is 10.9. The van der Waals surface area contributed by atoms with E-state index in [4.69, 9.17) is 5.84 Å². The number of hydrazine groups is 1. The Morgan fingerprint density at radius 3 is 1.72 bits per heavy atom. The monoisotopic (exact) mass is 238 g/mol. The summed E-state index contributed by atoms with van der Waals surface area (Å²) < 4.78 is 0. The molecule has 0 radical (unpaired) electrons. The zero-order chi connectivity index (χ0) is 12.6. The highest BCUT2D eigenvalue weighted by Crippen LogP contribution is 2.35. The van der Waals surface area contributed by atoms with Gasteiger partial charge in [0.25, 0.3) is 0 Å². The molecule has 0 saturated carbocycles. The number of aliphatic hydroxyl groups is 1. The van der Waals surface area contributed by atoms with Crippen molar-refractivity contribution in [2.45, 2.75) is 5.72 Å². The van der Waals surface area contributed by atoms with Crippen molar-refractivity contribution >= 4 is 12.2 Å². The molecule has 2 aromatic carbocycles. The number of nitrogens with two attached hydrogens (primary N) is 1. The summed E-state index contributed by atoms with van der Waals surface area (Å²) in [5.41, 5.74) is 4.61. The van der Waals surface area contributed by atoms with Gasteiger partial charge in [-0.15, -0.1) is 0 Å². The van der Waals surface area contributed by atoms with Crippen LogP contribution in [0.15, 0.2) is 48.5 Å². The van der Waals surface area contributed by atoms with Crippen LogP contribution in [-0.2, 0) is 5.72 Å². The summed E-state index contributed by atoms with van der Waals surface area (Å²) in [6.45, 7) is 0. The zero-order valence-electron chi connectivity index (χ0n) is 9.80. The molecule has 0 aromatic heterocycles. The van der Waals surface area contributed by atoms with E-state index in [-0.39, 0.29) is 0 Å². The van der Waals surface area contributed by atoms with Crippen LogP contribution in [0.25, 0.3) is 12.2 Å². The van der Waals surface area contributed by atoms with Gasteiger partial charge in [-0.3, -0.25) is 5.84 Å². The molecule has 0 unspecified atom stereocenters. The van der Waals surface area contributed by atoms with Crippen molar-refractivity contribution < 1.29 is 5.11 Å². The van der Waals surface area contributed by atoms with Crippen LogP contribution in [0.3, 0.4) is 0 Å². The number of fused-ring (bicyclic) bond motifs is 2. The summed E-state index contributed by atoms with van der Waals surface area (Å²) >= 11 is 0. The molecule has 0 amide bonds. The van der Waals surface area contributed by atoms with Crippen LogP contribution < -0.4 is 11.3 Å². The van der Waals surface area contributed by atoms with Crippen molar-refractivity contribution in [2.75, 3.05) is 0 Å². The molecular weight excluding hydrogens is 224 g/mol. The van der Waals surface area contributed by atoms with Crippen LogP contribution in [0, 0.1) is 0 Å². The predicted octanol–water partition coefficient (Wildman–Crippen LogP) is 1.83. The molecule has 3 heteroatoms. The maximum absolute atomic E-state index is 10.9. The fourth-order valence-corrected chi connectivity index (χ4v) is 2.42. The van der Waals surface area contributed by atoms with E-state index in [1.165, 1.54) is 0 Å². The minimum atomic E-state index is -1.36. The number of rotatable bonds is 1. The second kappa shape index (κ2) is 4.07. The molecule has 90 valence electrons. The molecular formula is C15H14N2O. The van der Waals surface area contributed by atoms with Crippen LogP contribution >= 0.6 is 0 Å². The van der Waals surface area contributed by atoms with E-state index < -0.39 is 5.72 Å². The Kier molecular flexibility index (Phi) is 2.52. The average Bonchev–Trinajstić information content (AvgIpc) is 2.56. The highest BCUT2D eigenvalue weighted by Gasteiger charge is 2.34. The second-order valence-corrected chi connectivity index (χ2v) is 4.36. The van der Waals surface area contributed by atoms with E-state index in [0.29, 0.717) is 0 Å². The summed E-state index contributed by atoms with van der Waals surface area (Å²) in [6, 6.07) is 15.3. The van der Waals surface area contributed by atoms with Crippen LogP contribution in [0.4, 0.5) is 0 Å². The van der Waals surface area contributed by atoms with Gasteiger partial charge in [0.15, 0.2) is 5.72 Å². The van der Waals surface area contributed by atoms with E-state index in [0.717, 1.165) is 22.3 Å².